The SMILES string of the molecule is CSc1cc2c(O)cc3c(c2cc1C)-c1ccccc1C31CC(C)(C)CC(C)(C)C1. The van der Waals surface area contributed by atoms with Crippen molar-refractivity contribution in [2.75, 3.05) is 6.26 Å². The molecule has 3 aromatic carbocycles. The zero-order chi connectivity index (χ0) is 21.5. The standard InChI is InChI=1S/C28H32OS/c1-17-11-20-19(12-24(17)30-6)23(29)13-22-25(20)18-9-7-8-10-21(18)28(22)15-26(2,3)14-27(4,5)16-28/h7-13,29H,14-16H2,1-6H3. The molecule has 1 saturated carbocycles. The predicted molar refractivity (Wildman–Crippen MR) is 130 cm³/mol. The van der Waals surface area contributed by atoms with Crippen molar-refractivity contribution in [3.63, 3.8) is 0 Å². The highest BCUT2D eigenvalue weighted by Gasteiger charge is 2.53. The van der Waals surface area contributed by atoms with Crippen LogP contribution in [0.1, 0.15) is 63.6 Å². The quantitative estimate of drug-likeness (QED) is 0.405. The Labute approximate surface area is 184 Å². The molecule has 1 fully saturated rings. The van der Waals surface area contributed by atoms with Crippen molar-refractivity contribution in [3.8, 4) is 16.9 Å². The lowest BCUT2D eigenvalue weighted by molar-refractivity contribution is 0.0645. The number of rotatable bonds is 1. The van der Waals surface area contributed by atoms with E-state index in [0.29, 0.717) is 5.75 Å². The van der Waals surface area contributed by atoms with Crippen molar-refractivity contribution < 1.29 is 5.11 Å². The summed E-state index contributed by atoms with van der Waals surface area (Å²) in [5, 5.41) is 13.4. The Morgan fingerprint density at radius 3 is 2.17 bits per heavy atom. The van der Waals surface area contributed by atoms with Crippen LogP contribution < -0.4 is 0 Å². The molecule has 5 rings (SSSR count). The maximum atomic E-state index is 11.2. The minimum atomic E-state index is -0.0328. The largest absolute Gasteiger partial charge is 0.507 e. The molecule has 156 valence electrons. The van der Waals surface area contributed by atoms with E-state index in [1.807, 2.05) is 0 Å². The number of aromatic hydroxyl groups is 1. The molecule has 2 aliphatic rings. The molecule has 0 heterocycles. The summed E-state index contributed by atoms with van der Waals surface area (Å²) in [6.07, 6.45) is 5.59. The van der Waals surface area contributed by atoms with Crippen molar-refractivity contribution >= 4 is 22.5 Å². The van der Waals surface area contributed by atoms with Crippen LogP contribution in [0.25, 0.3) is 21.9 Å². The van der Waals surface area contributed by atoms with Crippen molar-refractivity contribution in [3.05, 3.63) is 59.2 Å². The number of thioether (sulfide) groups is 1. The van der Waals surface area contributed by atoms with Gasteiger partial charge in [-0.1, -0.05) is 52.0 Å². The van der Waals surface area contributed by atoms with E-state index in [4.69, 9.17) is 0 Å². The molecule has 0 aliphatic heterocycles. The van der Waals surface area contributed by atoms with Crippen LogP contribution in [-0.2, 0) is 5.41 Å². The van der Waals surface area contributed by atoms with Gasteiger partial charge in [0.1, 0.15) is 5.75 Å². The molecule has 0 radical (unpaired) electrons. The highest BCUT2D eigenvalue weighted by Crippen LogP contribution is 2.64. The fourth-order valence-corrected chi connectivity index (χ4v) is 7.80. The molecular weight excluding hydrogens is 384 g/mol. The van der Waals surface area contributed by atoms with Gasteiger partial charge in [-0.2, -0.15) is 0 Å². The summed E-state index contributed by atoms with van der Waals surface area (Å²) in [5.41, 5.74) is 7.26. The minimum absolute atomic E-state index is 0.0328. The molecule has 0 saturated heterocycles. The van der Waals surface area contributed by atoms with E-state index in [1.54, 1.807) is 11.8 Å². The summed E-state index contributed by atoms with van der Waals surface area (Å²) >= 11 is 1.75. The first-order chi connectivity index (χ1) is 14.1. The first kappa shape index (κ1) is 20.0. The van der Waals surface area contributed by atoms with E-state index in [-0.39, 0.29) is 16.2 Å². The summed E-state index contributed by atoms with van der Waals surface area (Å²) in [7, 11) is 0. The van der Waals surface area contributed by atoms with Gasteiger partial charge in [0, 0.05) is 15.7 Å². The number of hydrogen-bond acceptors (Lipinski definition) is 2. The third-order valence-corrected chi connectivity index (χ3v) is 8.26. The monoisotopic (exact) mass is 416 g/mol. The summed E-state index contributed by atoms with van der Waals surface area (Å²) in [5.74, 6) is 0.424. The molecule has 0 amide bonds. The summed E-state index contributed by atoms with van der Waals surface area (Å²) in [4.78, 5) is 1.23. The molecule has 1 spiro atoms. The average molecular weight is 417 g/mol. The van der Waals surface area contributed by atoms with Gasteiger partial charge in [-0.15, -0.1) is 11.8 Å². The maximum Gasteiger partial charge on any atom is 0.123 e. The highest BCUT2D eigenvalue weighted by molar-refractivity contribution is 7.98. The van der Waals surface area contributed by atoms with Gasteiger partial charge in [0.2, 0.25) is 0 Å². The maximum absolute atomic E-state index is 11.2. The molecule has 1 N–H and O–H groups in total. The van der Waals surface area contributed by atoms with Crippen LogP contribution in [0.4, 0.5) is 0 Å². The Morgan fingerprint density at radius 1 is 0.833 bits per heavy atom. The van der Waals surface area contributed by atoms with Crippen LogP contribution in [0.3, 0.4) is 0 Å². The second-order valence-corrected chi connectivity index (χ2v) is 12.0. The third kappa shape index (κ3) is 2.76. The van der Waals surface area contributed by atoms with E-state index in [0.717, 1.165) is 18.2 Å². The topological polar surface area (TPSA) is 20.2 Å². The van der Waals surface area contributed by atoms with Gasteiger partial charge < -0.3 is 5.11 Å². The second-order valence-electron chi connectivity index (χ2n) is 11.2. The van der Waals surface area contributed by atoms with Gasteiger partial charge in [-0.05, 0) is 94.7 Å². The molecule has 2 aliphatic carbocycles. The molecule has 0 bridgehead atoms. The van der Waals surface area contributed by atoms with E-state index < -0.39 is 0 Å². The molecular formula is C28H32OS. The predicted octanol–water partition coefficient (Wildman–Crippen LogP) is 8.08. The number of aryl methyl sites for hydroxylation is 1. The summed E-state index contributed by atoms with van der Waals surface area (Å²) in [6.45, 7) is 11.9. The molecule has 0 unspecified atom stereocenters. The van der Waals surface area contributed by atoms with E-state index in [9.17, 15) is 5.11 Å². The van der Waals surface area contributed by atoms with Crippen LogP contribution in [0.2, 0.25) is 0 Å². The Balaban J connectivity index is 1.90. The van der Waals surface area contributed by atoms with Crippen molar-refractivity contribution in [2.45, 2.75) is 64.2 Å². The van der Waals surface area contributed by atoms with Crippen molar-refractivity contribution in [1.82, 2.24) is 0 Å². The molecule has 1 nitrogen and oxygen atoms in total. The lowest BCUT2D eigenvalue weighted by Crippen LogP contribution is -2.43. The normalized spacial score (nSPS) is 20.3. The van der Waals surface area contributed by atoms with Gasteiger partial charge in [-0.25, -0.2) is 0 Å². The molecule has 2 heteroatoms. The van der Waals surface area contributed by atoms with E-state index in [1.165, 1.54) is 44.5 Å². The van der Waals surface area contributed by atoms with Gasteiger partial charge in [0.25, 0.3) is 0 Å². The molecule has 3 aromatic rings. The highest BCUT2D eigenvalue weighted by atomic mass is 32.2. The first-order valence-corrected chi connectivity index (χ1v) is 12.2. The Bertz CT molecular complexity index is 1170. The Morgan fingerprint density at radius 2 is 1.50 bits per heavy atom. The van der Waals surface area contributed by atoms with Gasteiger partial charge >= 0.3 is 0 Å². The summed E-state index contributed by atoms with van der Waals surface area (Å²) < 4.78 is 0. The average Bonchev–Trinajstić information content (AvgIpc) is 2.88. The van der Waals surface area contributed by atoms with Crippen LogP contribution in [0.15, 0.2) is 47.4 Å². The van der Waals surface area contributed by atoms with Crippen molar-refractivity contribution in [2.24, 2.45) is 10.8 Å². The molecule has 0 atom stereocenters. The second kappa shape index (κ2) is 6.29. The number of benzene rings is 3. The number of fused-ring (bicyclic) bond motifs is 7. The van der Waals surface area contributed by atoms with Gasteiger partial charge in [-0.3, -0.25) is 0 Å². The smallest absolute Gasteiger partial charge is 0.123 e. The number of phenols is 1. The lowest BCUT2D eigenvalue weighted by Gasteiger charge is -2.51. The minimum Gasteiger partial charge on any atom is -0.507 e. The van der Waals surface area contributed by atoms with Crippen LogP contribution in [0.5, 0.6) is 5.75 Å². The molecule has 30 heavy (non-hydrogen) atoms. The van der Waals surface area contributed by atoms with Gasteiger partial charge in [0.05, 0.1) is 0 Å². The van der Waals surface area contributed by atoms with Gasteiger partial charge in [0.15, 0.2) is 0 Å². The zero-order valence-electron chi connectivity index (χ0n) is 19.0. The number of hydrogen-bond donors (Lipinski definition) is 1. The van der Waals surface area contributed by atoms with Crippen molar-refractivity contribution in [1.29, 1.82) is 0 Å². The zero-order valence-corrected chi connectivity index (χ0v) is 19.8. The fraction of sp³-hybridized carbons (Fsp3) is 0.429. The fourth-order valence-electron chi connectivity index (χ4n) is 7.19. The van der Waals surface area contributed by atoms with E-state index >= 15 is 0 Å². The summed E-state index contributed by atoms with van der Waals surface area (Å²) in [6, 6.07) is 15.6. The first-order valence-electron chi connectivity index (χ1n) is 11.0. The Kier molecular flexibility index (Phi) is 4.20. The lowest BCUT2D eigenvalue weighted by atomic mass is 9.52. The van der Waals surface area contributed by atoms with E-state index in [2.05, 4.69) is 83.3 Å². The third-order valence-electron chi connectivity index (χ3n) is 7.38. The van der Waals surface area contributed by atoms with Crippen LogP contribution in [-0.4, -0.2) is 11.4 Å². The van der Waals surface area contributed by atoms with Crippen LogP contribution in [0, 0.1) is 17.8 Å². The Hall–Kier alpha value is -1.93. The number of phenolic OH excluding ortho intramolecular Hbond substituents is 1. The van der Waals surface area contributed by atoms with Crippen LogP contribution >= 0.6 is 11.8 Å². The molecule has 0 aromatic heterocycles.